The van der Waals surface area contributed by atoms with Gasteiger partial charge < -0.3 is 9.13 Å². The van der Waals surface area contributed by atoms with E-state index in [1.807, 2.05) is 55.6 Å². The van der Waals surface area contributed by atoms with Crippen LogP contribution in [0.25, 0.3) is 27.8 Å². The van der Waals surface area contributed by atoms with Crippen LogP contribution >= 0.6 is 11.6 Å². The summed E-state index contributed by atoms with van der Waals surface area (Å²) in [6.45, 7) is 2.63. The highest BCUT2D eigenvalue weighted by Crippen LogP contribution is 2.31. The molecule has 0 amide bonds. The van der Waals surface area contributed by atoms with Crippen molar-refractivity contribution in [2.24, 2.45) is 0 Å². The minimum Gasteiger partial charge on any atom is -0.316 e. The van der Waals surface area contributed by atoms with Crippen LogP contribution in [0.5, 0.6) is 0 Å². The van der Waals surface area contributed by atoms with E-state index in [1.165, 1.54) is 0 Å². The monoisotopic (exact) mass is 348 g/mol. The molecule has 2 aromatic carbocycles. The van der Waals surface area contributed by atoms with E-state index in [0.717, 1.165) is 27.8 Å². The summed E-state index contributed by atoms with van der Waals surface area (Å²) in [6.07, 6.45) is 1.85. The number of rotatable bonds is 3. The number of nitrogens with zero attached hydrogens (tertiary/aromatic N) is 2. The van der Waals surface area contributed by atoms with Gasteiger partial charge in [0.05, 0.1) is 11.2 Å². The summed E-state index contributed by atoms with van der Waals surface area (Å²) in [5.41, 5.74) is 4.01. The van der Waals surface area contributed by atoms with Crippen molar-refractivity contribution < 1.29 is 0 Å². The first-order valence-corrected chi connectivity index (χ1v) is 8.62. The minimum atomic E-state index is 0.00733. The lowest BCUT2D eigenvalue weighted by Crippen LogP contribution is -2.17. The number of aromatic nitrogens is 2. The highest BCUT2D eigenvalue weighted by atomic mass is 35.5. The van der Waals surface area contributed by atoms with Gasteiger partial charge in [-0.3, -0.25) is 4.79 Å². The maximum absolute atomic E-state index is 12.3. The minimum absolute atomic E-state index is 0.00733. The van der Waals surface area contributed by atoms with Crippen LogP contribution in [-0.2, 0) is 6.54 Å². The van der Waals surface area contributed by atoms with E-state index in [0.29, 0.717) is 11.6 Å². The zero-order valence-corrected chi connectivity index (χ0v) is 14.6. The molecule has 124 valence electrons. The van der Waals surface area contributed by atoms with Gasteiger partial charge in [0, 0.05) is 40.5 Å². The van der Waals surface area contributed by atoms with Gasteiger partial charge in [0.25, 0.3) is 5.56 Å². The molecule has 0 unspecified atom stereocenters. The highest BCUT2D eigenvalue weighted by molar-refractivity contribution is 6.30. The molecule has 4 heteroatoms. The first kappa shape index (κ1) is 15.7. The summed E-state index contributed by atoms with van der Waals surface area (Å²) < 4.78 is 3.86. The number of para-hydroxylation sites is 1. The molecule has 0 saturated heterocycles. The van der Waals surface area contributed by atoms with E-state index in [1.54, 1.807) is 10.6 Å². The van der Waals surface area contributed by atoms with Crippen molar-refractivity contribution in [3.63, 3.8) is 0 Å². The molecular formula is C21H17ClN2O. The number of pyridine rings is 1. The van der Waals surface area contributed by atoms with Crippen molar-refractivity contribution in [1.82, 2.24) is 9.13 Å². The second-order valence-corrected chi connectivity index (χ2v) is 6.38. The van der Waals surface area contributed by atoms with Gasteiger partial charge in [0.15, 0.2) is 0 Å². The lowest BCUT2D eigenvalue weighted by Gasteiger charge is -2.12. The fourth-order valence-corrected chi connectivity index (χ4v) is 3.29. The normalized spacial score (nSPS) is 11.1. The zero-order valence-electron chi connectivity index (χ0n) is 13.8. The molecule has 0 N–H and O–H groups in total. The number of benzene rings is 2. The van der Waals surface area contributed by atoms with Crippen molar-refractivity contribution in [2.75, 3.05) is 0 Å². The lowest BCUT2D eigenvalue weighted by atomic mass is 10.2. The Morgan fingerprint density at radius 1 is 0.960 bits per heavy atom. The summed E-state index contributed by atoms with van der Waals surface area (Å²) >= 11 is 6.05. The summed E-state index contributed by atoms with van der Waals surface area (Å²) in [6, 6.07) is 21.8. The molecule has 0 fully saturated rings. The number of hydrogen-bond donors (Lipinski definition) is 0. The zero-order chi connectivity index (χ0) is 17.4. The molecule has 0 aliphatic carbocycles. The summed E-state index contributed by atoms with van der Waals surface area (Å²) in [5, 5.41) is 1.83. The van der Waals surface area contributed by atoms with Gasteiger partial charge in [-0.05, 0) is 49.4 Å². The molecule has 2 heterocycles. The predicted molar refractivity (Wildman–Crippen MR) is 104 cm³/mol. The summed E-state index contributed by atoms with van der Waals surface area (Å²) in [7, 11) is 0. The van der Waals surface area contributed by atoms with E-state index >= 15 is 0 Å². The summed E-state index contributed by atoms with van der Waals surface area (Å²) in [5.74, 6) is 0. The third-order valence-electron chi connectivity index (χ3n) is 4.43. The molecule has 3 nitrogen and oxygen atoms in total. The average Bonchev–Trinajstić information content (AvgIpc) is 3.02. The van der Waals surface area contributed by atoms with Gasteiger partial charge >= 0.3 is 0 Å². The molecule has 4 rings (SSSR count). The molecule has 0 bridgehead atoms. The Bertz CT molecular complexity index is 1110. The first-order chi connectivity index (χ1) is 12.2. The van der Waals surface area contributed by atoms with Gasteiger partial charge in [-0.25, -0.2) is 0 Å². The second kappa shape index (κ2) is 6.26. The summed E-state index contributed by atoms with van der Waals surface area (Å²) in [4.78, 5) is 12.3. The quantitative estimate of drug-likeness (QED) is 0.504. The largest absolute Gasteiger partial charge is 0.316 e. The Morgan fingerprint density at radius 3 is 2.44 bits per heavy atom. The van der Waals surface area contributed by atoms with Crippen LogP contribution in [-0.4, -0.2) is 9.13 Å². The molecule has 0 saturated carbocycles. The van der Waals surface area contributed by atoms with Crippen molar-refractivity contribution in [1.29, 1.82) is 0 Å². The Kier molecular flexibility index (Phi) is 3.94. The van der Waals surface area contributed by atoms with Crippen LogP contribution in [0.4, 0.5) is 0 Å². The molecule has 25 heavy (non-hydrogen) atoms. The Hall–Kier alpha value is -2.78. The first-order valence-electron chi connectivity index (χ1n) is 8.24. The smallest absolute Gasteiger partial charge is 0.251 e. The number of fused-ring (bicyclic) bond motifs is 1. The van der Waals surface area contributed by atoms with Crippen LogP contribution in [0.15, 0.2) is 77.7 Å². The third-order valence-corrected chi connectivity index (χ3v) is 4.68. The maximum atomic E-state index is 12.3. The second-order valence-electron chi connectivity index (χ2n) is 5.94. The topological polar surface area (TPSA) is 26.9 Å². The van der Waals surface area contributed by atoms with Crippen LogP contribution in [0.3, 0.4) is 0 Å². The Balaban J connectivity index is 2.00. The number of halogens is 1. The predicted octanol–water partition coefficient (Wildman–Crippen LogP) is 5.13. The molecular weight excluding hydrogens is 332 g/mol. The molecule has 0 atom stereocenters. The van der Waals surface area contributed by atoms with Gasteiger partial charge in [-0.15, -0.1) is 0 Å². The van der Waals surface area contributed by atoms with E-state index in [2.05, 4.69) is 22.8 Å². The van der Waals surface area contributed by atoms with E-state index in [-0.39, 0.29) is 5.56 Å². The fraction of sp³-hybridized carbons (Fsp3) is 0.0952. The van der Waals surface area contributed by atoms with Crippen molar-refractivity contribution in [3.05, 3.63) is 88.3 Å². The van der Waals surface area contributed by atoms with Gasteiger partial charge in [0.1, 0.15) is 0 Å². The standard InChI is InChI=1S/C21H17ClN2O/c1-2-23-12-11-16(14-21(23)25)20-13-15-5-3-4-6-19(15)24(20)18-9-7-17(22)8-10-18/h3-14H,2H2,1H3. The molecule has 0 radical (unpaired) electrons. The molecule has 0 aliphatic rings. The Morgan fingerprint density at radius 2 is 1.72 bits per heavy atom. The third kappa shape index (κ3) is 2.77. The van der Waals surface area contributed by atoms with Crippen LogP contribution in [0.1, 0.15) is 6.92 Å². The lowest BCUT2D eigenvalue weighted by molar-refractivity contribution is 0.727. The molecule has 2 aromatic heterocycles. The average molecular weight is 349 g/mol. The molecule has 0 aliphatic heterocycles. The maximum Gasteiger partial charge on any atom is 0.251 e. The Labute approximate surface area is 150 Å². The van der Waals surface area contributed by atoms with Crippen LogP contribution in [0.2, 0.25) is 5.02 Å². The van der Waals surface area contributed by atoms with E-state index in [9.17, 15) is 4.79 Å². The number of aryl methyl sites for hydroxylation is 1. The van der Waals surface area contributed by atoms with Crippen molar-refractivity contribution in [3.8, 4) is 16.9 Å². The highest BCUT2D eigenvalue weighted by Gasteiger charge is 2.13. The fourth-order valence-electron chi connectivity index (χ4n) is 3.16. The van der Waals surface area contributed by atoms with Gasteiger partial charge in [-0.1, -0.05) is 29.8 Å². The van der Waals surface area contributed by atoms with Crippen LogP contribution < -0.4 is 5.56 Å². The van der Waals surface area contributed by atoms with Gasteiger partial charge in [0.2, 0.25) is 0 Å². The van der Waals surface area contributed by atoms with Crippen molar-refractivity contribution in [2.45, 2.75) is 13.5 Å². The SMILES string of the molecule is CCn1ccc(-c2cc3ccccc3n2-c2ccc(Cl)cc2)cc1=O. The van der Waals surface area contributed by atoms with E-state index < -0.39 is 0 Å². The van der Waals surface area contributed by atoms with Crippen LogP contribution in [0, 0.1) is 0 Å². The van der Waals surface area contributed by atoms with E-state index in [4.69, 9.17) is 11.6 Å². The number of hydrogen-bond acceptors (Lipinski definition) is 1. The van der Waals surface area contributed by atoms with Gasteiger partial charge in [-0.2, -0.15) is 0 Å². The van der Waals surface area contributed by atoms with Crippen molar-refractivity contribution >= 4 is 22.5 Å². The molecule has 4 aromatic rings. The molecule has 0 spiro atoms.